The van der Waals surface area contributed by atoms with Crippen LogP contribution in [0.1, 0.15) is 19.8 Å². The third-order valence-electron chi connectivity index (χ3n) is 4.51. The fourth-order valence-corrected chi connectivity index (χ4v) is 3.16. The fraction of sp³-hybridized carbons (Fsp3) is 0.350. The summed E-state index contributed by atoms with van der Waals surface area (Å²) in [6.45, 7) is 4.97. The fourth-order valence-electron chi connectivity index (χ4n) is 3.16. The van der Waals surface area contributed by atoms with E-state index in [0.29, 0.717) is 12.2 Å². The Morgan fingerprint density at radius 2 is 1.88 bits per heavy atom. The molecule has 2 aromatic rings. The molecule has 1 amide bonds. The van der Waals surface area contributed by atoms with E-state index in [4.69, 9.17) is 0 Å². The van der Waals surface area contributed by atoms with E-state index in [0.717, 1.165) is 18.8 Å². The van der Waals surface area contributed by atoms with Gasteiger partial charge in [-0.1, -0.05) is 6.07 Å². The highest BCUT2D eigenvalue weighted by Crippen LogP contribution is 2.22. The number of benzene rings is 2. The minimum absolute atomic E-state index is 0.111. The van der Waals surface area contributed by atoms with E-state index in [1.807, 2.05) is 42.2 Å². The average molecular weight is 341 g/mol. The van der Waals surface area contributed by atoms with Crippen molar-refractivity contribution < 1.29 is 9.18 Å². The molecule has 5 heteroatoms. The molecule has 1 N–H and O–H groups in total. The molecule has 132 valence electrons. The Labute approximate surface area is 148 Å². The summed E-state index contributed by atoms with van der Waals surface area (Å²) < 4.78 is 13.4. The van der Waals surface area contributed by atoms with E-state index in [1.165, 1.54) is 30.7 Å². The first-order valence-corrected chi connectivity index (χ1v) is 8.81. The van der Waals surface area contributed by atoms with Crippen LogP contribution in [0.25, 0.3) is 0 Å². The van der Waals surface area contributed by atoms with E-state index in [2.05, 4.69) is 10.2 Å². The van der Waals surface area contributed by atoms with Crippen LogP contribution in [0.5, 0.6) is 0 Å². The zero-order chi connectivity index (χ0) is 17.6. The normalized spacial score (nSPS) is 13.8. The number of hydrogen-bond acceptors (Lipinski definition) is 3. The van der Waals surface area contributed by atoms with Crippen molar-refractivity contribution in [2.24, 2.45) is 0 Å². The number of amides is 1. The Kier molecular flexibility index (Phi) is 5.53. The van der Waals surface area contributed by atoms with Crippen LogP contribution in [0, 0.1) is 5.82 Å². The summed E-state index contributed by atoms with van der Waals surface area (Å²) in [4.78, 5) is 16.5. The molecule has 1 aliphatic heterocycles. The number of carbonyl (C=O) groups is 1. The molecule has 3 rings (SSSR count). The molecule has 0 spiro atoms. The number of rotatable bonds is 6. The molecule has 4 nitrogen and oxygen atoms in total. The molecule has 1 saturated heterocycles. The minimum Gasteiger partial charge on any atom is -0.372 e. The SMILES string of the molecule is CCN(CC(=O)Nc1ccc(N2CCCC2)cc1)c1cccc(F)c1. The first kappa shape index (κ1) is 17.3. The van der Waals surface area contributed by atoms with Crippen LogP contribution in [-0.4, -0.2) is 32.1 Å². The molecule has 0 atom stereocenters. The predicted molar refractivity (Wildman–Crippen MR) is 101 cm³/mol. The van der Waals surface area contributed by atoms with Crippen molar-refractivity contribution in [2.45, 2.75) is 19.8 Å². The highest BCUT2D eigenvalue weighted by Gasteiger charge is 2.13. The Morgan fingerprint density at radius 1 is 1.16 bits per heavy atom. The van der Waals surface area contributed by atoms with Crippen LogP contribution in [0.15, 0.2) is 48.5 Å². The van der Waals surface area contributed by atoms with E-state index >= 15 is 0 Å². The maximum atomic E-state index is 13.4. The van der Waals surface area contributed by atoms with E-state index in [-0.39, 0.29) is 18.3 Å². The summed E-state index contributed by atoms with van der Waals surface area (Å²) in [6, 6.07) is 14.3. The van der Waals surface area contributed by atoms with Gasteiger partial charge in [-0.15, -0.1) is 0 Å². The zero-order valence-corrected chi connectivity index (χ0v) is 14.5. The summed E-state index contributed by atoms with van der Waals surface area (Å²) >= 11 is 0. The molecule has 0 unspecified atom stereocenters. The Hall–Kier alpha value is -2.56. The van der Waals surface area contributed by atoms with Gasteiger partial charge in [0.05, 0.1) is 6.54 Å². The van der Waals surface area contributed by atoms with Gasteiger partial charge in [0, 0.05) is 36.7 Å². The van der Waals surface area contributed by atoms with E-state index < -0.39 is 0 Å². The molecule has 0 saturated carbocycles. The standard InChI is InChI=1S/C20H24FN3O/c1-2-23(19-7-5-6-16(21)14-19)15-20(25)22-17-8-10-18(11-9-17)24-12-3-4-13-24/h5-11,14H,2-4,12-13,15H2,1H3,(H,22,25). The summed E-state index contributed by atoms with van der Waals surface area (Å²) in [5.74, 6) is -0.408. The highest BCUT2D eigenvalue weighted by molar-refractivity contribution is 5.94. The van der Waals surface area contributed by atoms with Crippen molar-refractivity contribution >= 4 is 23.0 Å². The topological polar surface area (TPSA) is 35.6 Å². The van der Waals surface area contributed by atoms with Gasteiger partial charge in [-0.2, -0.15) is 0 Å². The second-order valence-electron chi connectivity index (χ2n) is 6.28. The number of likely N-dealkylation sites (N-methyl/N-ethyl adjacent to an activating group) is 1. The molecule has 0 radical (unpaired) electrons. The van der Waals surface area contributed by atoms with Gasteiger partial charge < -0.3 is 15.1 Å². The molecular formula is C20H24FN3O. The van der Waals surface area contributed by atoms with Gasteiger partial charge in [-0.25, -0.2) is 4.39 Å². The number of nitrogens with zero attached hydrogens (tertiary/aromatic N) is 2. The van der Waals surface area contributed by atoms with Crippen molar-refractivity contribution in [1.29, 1.82) is 0 Å². The van der Waals surface area contributed by atoms with Crippen LogP contribution in [0.4, 0.5) is 21.5 Å². The van der Waals surface area contributed by atoms with Crippen LogP contribution in [0.3, 0.4) is 0 Å². The first-order valence-electron chi connectivity index (χ1n) is 8.81. The second kappa shape index (κ2) is 8.01. The van der Waals surface area contributed by atoms with Crippen molar-refractivity contribution in [1.82, 2.24) is 0 Å². The van der Waals surface area contributed by atoms with Crippen molar-refractivity contribution in [2.75, 3.05) is 41.3 Å². The van der Waals surface area contributed by atoms with Crippen LogP contribution in [-0.2, 0) is 4.79 Å². The van der Waals surface area contributed by atoms with E-state index in [1.54, 1.807) is 6.07 Å². The van der Waals surface area contributed by atoms with Gasteiger partial charge in [0.1, 0.15) is 5.82 Å². The molecule has 1 fully saturated rings. The van der Waals surface area contributed by atoms with Crippen LogP contribution >= 0.6 is 0 Å². The summed E-state index contributed by atoms with van der Waals surface area (Å²) in [5.41, 5.74) is 2.69. The van der Waals surface area contributed by atoms with Gasteiger partial charge in [-0.3, -0.25) is 4.79 Å². The summed E-state index contributed by atoms with van der Waals surface area (Å²) in [6.07, 6.45) is 2.48. The molecule has 0 aliphatic carbocycles. The van der Waals surface area contributed by atoms with Gasteiger partial charge in [0.15, 0.2) is 0 Å². The van der Waals surface area contributed by atoms with Crippen molar-refractivity contribution in [3.05, 3.63) is 54.3 Å². The first-order chi connectivity index (χ1) is 12.2. The molecule has 1 aliphatic rings. The number of nitrogens with one attached hydrogen (secondary N) is 1. The van der Waals surface area contributed by atoms with Crippen LogP contribution in [0.2, 0.25) is 0 Å². The molecule has 0 aromatic heterocycles. The van der Waals surface area contributed by atoms with Crippen molar-refractivity contribution in [3.8, 4) is 0 Å². The Bertz CT molecular complexity index is 711. The van der Waals surface area contributed by atoms with Gasteiger partial charge in [0.2, 0.25) is 5.91 Å². The summed E-state index contributed by atoms with van der Waals surface area (Å²) in [7, 11) is 0. The quantitative estimate of drug-likeness (QED) is 0.866. The zero-order valence-electron chi connectivity index (χ0n) is 14.5. The lowest BCUT2D eigenvalue weighted by Crippen LogP contribution is -2.33. The Balaban J connectivity index is 1.59. The molecule has 2 aromatic carbocycles. The van der Waals surface area contributed by atoms with Gasteiger partial charge in [-0.05, 0) is 62.2 Å². The van der Waals surface area contributed by atoms with Gasteiger partial charge in [0.25, 0.3) is 0 Å². The second-order valence-corrected chi connectivity index (χ2v) is 6.28. The number of hydrogen-bond donors (Lipinski definition) is 1. The summed E-state index contributed by atoms with van der Waals surface area (Å²) in [5, 5.41) is 2.92. The van der Waals surface area contributed by atoms with Crippen LogP contribution < -0.4 is 15.1 Å². The van der Waals surface area contributed by atoms with Crippen molar-refractivity contribution in [3.63, 3.8) is 0 Å². The number of anilines is 3. The number of carbonyl (C=O) groups excluding carboxylic acids is 1. The minimum atomic E-state index is -0.297. The Morgan fingerprint density at radius 3 is 2.52 bits per heavy atom. The smallest absolute Gasteiger partial charge is 0.243 e. The maximum absolute atomic E-state index is 13.4. The average Bonchev–Trinajstić information content (AvgIpc) is 3.15. The molecule has 0 bridgehead atoms. The largest absolute Gasteiger partial charge is 0.372 e. The molecule has 25 heavy (non-hydrogen) atoms. The lowest BCUT2D eigenvalue weighted by atomic mass is 10.2. The molecular weight excluding hydrogens is 317 g/mol. The third-order valence-corrected chi connectivity index (χ3v) is 4.51. The molecule has 1 heterocycles. The van der Waals surface area contributed by atoms with E-state index in [9.17, 15) is 9.18 Å². The van der Waals surface area contributed by atoms with Gasteiger partial charge >= 0.3 is 0 Å². The predicted octanol–water partition coefficient (Wildman–Crippen LogP) is 3.89. The lowest BCUT2D eigenvalue weighted by Gasteiger charge is -2.22. The lowest BCUT2D eigenvalue weighted by molar-refractivity contribution is -0.115. The maximum Gasteiger partial charge on any atom is 0.243 e. The third kappa shape index (κ3) is 4.50. The monoisotopic (exact) mass is 341 g/mol. The highest BCUT2D eigenvalue weighted by atomic mass is 19.1. The number of halogens is 1.